The molecule has 3 heteroatoms. The predicted molar refractivity (Wildman–Crippen MR) is 85.4 cm³/mol. The van der Waals surface area contributed by atoms with Gasteiger partial charge in [-0.3, -0.25) is 4.79 Å². The van der Waals surface area contributed by atoms with Crippen molar-refractivity contribution in [3.63, 3.8) is 0 Å². The van der Waals surface area contributed by atoms with Crippen LogP contribution >= 0.6 is 0 Å². The molecular weight excluding hydrogens is 262 g/mol. The van der Waals surface area contributed by atoms with Gasteiger partial charge in [-0.1, -0.05) is 52.0 Å². The van der Waals surface area contributed by atoms with Crippen LogP contribution in [0, 0.1) is 0 Å². The first kappa shape index (κ1) is 16.0. The third-order valence-electron chi connectivity index (χ3n) is 4.54. The zero-order valence-electron chi connectivity index (χ0n) is 13.6. The molecule has 2 rings (SSSR count). The topological polar surface area (TPSA) is 49.3 Å². The molecule has 1 amide bonds. The maximum absolute atomic E-state index is 12.5. The number of carbonyl (C=O) groups is 1. The predicted octanol–water partition coefficient (Wildman–Crippen LogP) is 2.90. The normalized spacial score (nSPS) is 18.1. The zero-order valence-corrected chi connectivity index (χ0v) is 13.6. The molecule has 1 saturated carbocycles. The summed E-state index contributed by atoms with van der Waals surface area (Å²) in [5, 5.41) is 12.2. The summed E-state index contributed by atoms with van der Waals surface area (Å²) in [5.74, 6) is 0.0620. The van der Waals surface area contributed by atoms with Crippen LogP contribution in [0.5, 0.6) is 0 Å². The van der Waals surface area contributed by atoms with Gasteiger partial charge in [-0.15, -0.1) is 0 Å². The average Bonchev–Trinajstić information content (AvgIpc) is 3.25. The highest BCUT2D eigenvalue weighted by Gasteiger charge is 2.51. The van der Waals surface area contributed by atoms with Gasteiger partial charge >= 0.3 is 0 Å². The Labute approximate surface area is 127 Å². The largest absolute Gasteiger partial charge is 0.394 e. The molecule has 0 aromatic heterocycles. The van der Waals surface area contributed by atoms with E-state index in [-0.39, 0.29) is 29.4 Å². The summed E-state index contributed by atoms with van der Waals surface area (Å²) in [4.78, 5) is 12.5. The molecular formula is C18H27NO2. The molecule has 0 radical (unpaired) electrons. The van der Waals surface area contributed by atoms with Crippen molar-refractivity contribution in [2.45, 2.75) is 63.8 Å². The van der Waals surface area contributed by atoms with Crippen molar-refractivity contribution in [1.29, 1.82) is 0 Å². The molecule has 3 nitrogen and oxygen atoms in total. The fourth-order valence-corrected chi connectivity index (χ4v) is 2.66. The lowest BCUT2D eigenvalue weighted by atomic mass is 9.85. The Bertz CT molecular complexity index is 491. The lowest BCUT2D eigenvalue weighted by molar-refractivity contribution is -0.124. The smallest absolute Gasteiger partial charge is 0.230 e. The molecule has 0 heterocycles. The third kappa shape index (κ3) is 3.29. The molecule has 1 aromatic carbocycles. The second-order valence-electron chi connectivity index (χ2n) is 7.17. The molecule has 1 aliphatic rings. The molecule has 1 unspecified atom stereocenters. The summed E-state index contributed by atoms with van der Waals surface area (Å²) in [6.45, 7) is 8.54. The van der Waals surface area contributed by atoms with Crippen LogP contribution in [0.25, 0.3) is 0 Å². The molecule has 1 fully saturated rings. The number of rotatable bonds is 5. The summed E-state index contributed by atoms with van der Waals surface area (Å²) in [6.07, 6.45) is 2.55. The van der Waals surface area contributed by atoms with Gasteiger partial charge in [-0.2, -0.15) is 0 Å². The fourth-order valence-electron chi connectivity index (χ4n) is 2.66. The standard InChI is InChI=1S/C18H27NO2/c1-5-15(12-20)19-16(21)18(10-11-18)14-8-6-13(7-9-14)17(2,3)4/h6-9,15,20H,5,10-12H2,1-4H3,(H,19,21). The molecule has 1 aliphatic carbocycles. The Balaban J connectivity index is 2.15. The Morgan fingerprint density at radius 3 is 2.24 bits per heavy atom. The first-order chi connectivity index (χ1) is 9.83. The molecule has 0 spiro atoms. The van der Waals surface area contributed by atoms with Crippen LogP contribution in [0.2, 0.25) is 0 Å². The lowest BCUT2D eigenvalue weighted by Crippen LogP contribution is -2.43. The highest BCUT2D eigenvalue weighted by Crippen LogP contribution is 2.48. The number of benzene rings is 1. The van der Waals surface area contributed by atoms with Crippen LogP contribution in [0.4, 0.5) is 0 Å². The number of aliphatic hydroxyl groups excluding tert-OH is 1. The van der Waals surface area contributed by atoms with Crippen LogP contribution in [0.1, 0.15) is 58.1 Å². The summed E-state index contributed by atoms with van der Waals surface area (Å²) in [6, 6.07) is 8.31. The SMILES string of the molecule is CCC(CO)NC(=O)C1(c2ccc(C(C)(C)C)cc2)CC1. The van der Waals surface area contributed by atoms with E-state index in [4.69, 9.17) is 0 Å². The van der Waals surface area contributed by atoms with Gasteiger partial charge in [0.2, 0.25) is 5.91 Å². The Hall–Kier alpha value is -1.35. The number of carbonyl (C=O) groups excluding carboxylic acids is 1. The van der Waals surface area contributed by atoms with Crippen LogP contribution in [-0.2, 0) is 15.6 Å². The van der Waals surface area contributed by atoms with Gasteiger partial charge in [0, 0.05) is 0 Å². The van der Waals surface area contributed by atoms with E-state index in [1.807, 2.05) is 6.92 Å². The van der Waals surface area contributed by atoms with E-state index in [1.54, 1.807) is 0 Å². The summed E-state index contributed by atoms with van der Waals surface area (Å²) in [7, 11) is 0. The quantitative estimate of drug-likeness (QED) is 0.875. The van der Waals surface area contributed by atoms with E-state index in [0.717, 1.165) is 24.8 Å². The Morgan fingerprint density at radius 2 is 1.86 bits per heavy atom. The number of amides is 1. The van der Waals surface area contributed by atoms with Crippen molar-refractivity contribution in [2.24, 2.45) is 0 Å². The van der Waals surface area contributed by atoms with Crippen molar-refractivity contribution < 1.29 is 9.90 Å². The first-order valence-corrected chi connectivity index (χ1v) is 7.86. The van der Waals surface area contributed by atoms with Gasteiger partial charge in [0.15, 0.2) is 0 Å². The second-order valence-corrected chi connectivity index (χ2v) is 7.17. The van der Waals surface area contributed by atoms with Crippen LogP contribution in [0.15, 0.2) is 24.3 Å². The van der Waals surface area contributed by atoms with Crippen molar-refractivity contribution in [3.8, 4) is 0 Å². The van der Waals surface area contributed by atoms with Gasteiger partial charge in [-0.05, 0) is 35.8 Å². The van der Waals surface area contributed by atoms with Crippen molar-refractivity contribution in [3.05, 3.63) is 35.4 Å². The van der Waals surface area contributed by atoms with Gasteiger partial charge < -0.3 is 10.4 Å². The third-order valence-corrected chi connectivity index (χ3v) is 4.54. The van der Waals surface area contributed by atoms with Crippen LogP contribution in [-0.4, -0.2) is 23.7 Å². The van der Waals surface area contributed by atoms with E-state index in [2.05, 4.69) is 50.4 Å². The highest BCUT2D eigenvalue weighted by atomic mass is 16.3. The fraction of sp³-hybridized carbons (Fsp3) is 0.611. The van der Waals surface area contributed by atoms with Crippen molar-refractivity contribution in [1.82, 2.24) is 5.32 Å². The summed E-state index contributed by atoms with van der Waals surface area (Å²) < 4.78 is 0. The minimum absolute atomic E-state index is 0.00127. The molecule has 21 heavy (non-hydrogen) atoms. The number of aliphatic hydroxyl groups is 1. The first-order valence-electron chi connectivity index (χ1n) is 7.86. The average molecular weight is 289 g/mol. The van der Waals surface area contributed by atoms with Crippen molar-refractivity contribution >= 4 is 5.91 Å². The molecule has 0 saturated heterocycles. The summed E-state index contributed by atoms with van der Waals surface area (Å²) in [5.41, 5.74) is 2.14. The molecule has 0 aliphatic heterocycles. The van der Waals surface area contributed by atoms with E-state index >= 15 is 0 Å². The number of nitrogens with one attached hydrogen (secondary N) is 1. The van der Waals surface area contributed by atoms with E-state index in [0.29, 0.717) is 0 Å². The van der Waals surface area contributed by atoms with E-state index in [9.17, 15) is 9.90 Å². The van der Waals surface area contributed by atoms with Gasteiger partial charge in [0.05, 0.1) is 18.1 Å². The van der Waals surface area contributed by atoms with E-state index < -0.39 is 0 Å². The highest BCUT2D eigenvalue weighted by molar-refractivity contribution is 5.91. The summed E-state index contributed by atoms with van der Waals surface area (Å²) >= 11 is 0. The maximum Gasteiger partial charge on any atom is 0.230 e. The molecule has 116 valence electrons. The number of hydrogen-bond donors (Lipinski definition) is 2. The monoisotopic (exact) mass is 289 g/mol. The van der Waals surface area contributed by atoms with E-state index in [1.165, 1.54) is 5.56 Å². The molecule has 1 aromatic rings. The minimum atomic E-state index is -0.362. The molecule has 0 bridgehead atoms. The lowest BCUT2D eigenvalue weighted by Gasteiger charge is -2.22. The minimum Gasteiger partial charge on any atom is -0.394 e. The maximum atomic E-state index is 12.5. The van der Waals surface area contributed by atoms with Gasteiger partial charge in [-0.25, -0.2) is 0 Å². The van der Waals surface area contributed by atoms with Crippen LogP contribution < -0.4 is 5.32 Å². The molecule has 1 atom stereocenters. The van der Waals surface area contributed by atoms with Crippen LogP contribution in [0.3, 0.4) is 0 Å². The number of hydrogen-bond acceptors (Lipinski definition) is 2. The Morgan fingerprint density at radius 1 is 1.29 bits per heavy atom. The zero-order chi connectivity index (χ0) is 15.7. The second kappa shape index (κ2) is 5.80. The molecule has 2 N–H and O–H groups in total. The van der Waals surface area contributed by atoms with Crippen molar-refractivity contribution in [2.75, 3.05) is 6.61 Å². The Kier molecular flexibility index (Phi) is 4.43. The van der Waals surface area contributed by atoms with Gasteiger partial charge in [0.25, 0.3) is 0 Å². The van der Waals surface area contributed by atoms with Gasteiger partial charge in [0.1, 0.15) is 0 Å².